The number of rotatable bonds is 0. The van der Waals surface area contributed by atoms with Crippen molar-refractivity contribution in [3.05, 3.63) is 59.7 Å². The maximum Gasteiger partial charge on any atom is 0.330 e. The van der Waals surface area contributed by atoms with Crippen LogP contribution in [-0.2, 0) is 28.5 Å². The molecule has 2 aromatic carbocycles. The molecule has 0 spiro atoms. The second-order valence-electron chi connectivity index (χ2n) is 10.6. The van der Waals surface area contributed by atoms with Crippen molar-refractivity contribution in [3.63, 3.8) is 0 Å². The molecule has 0 unspecified atom stereocenters. The Morgan fingerprint density at radius 1 is 0.522 bits per heavy atom. The van der Waals surface area contributed by atoms with E-state index in [4.69, 9.17) is 28.4 Å². The minimum absolute atomic E-state index is 0.192. The Hall–Kier alpha value is -4.26. The first-order valence-electron chi connectivity index (χ1n) is 14.0. The Bertz CT molecular complexity index is 1370. The fourth-order valence-corrected chi connectivity index (χ4v) is 4.78. The molecule has 10 atom stereocenters. The maximum atomic E-state index is 12.4. The molecule has 0 aromatic heterocycles. The van der Waals surface area contributed by atoms with E-state index >= 15 is 0 Å². The molecule has 6 aliphatic heterocycles. The topological polar surface area (TPSA) is 251 Å². The summed E-state index contributed by atoms with van der Waals surface area (Å²) in [5, 5.41) is 83.1. The van der Waals surface area contributed by atoms with E-state index in [1.54, 1.807) is 0 Å². The summed E-state index contributed by atoms with van der Waals surface area (Å²) in [6.45, 7) is -1.13. The molecule has 248 valence electrons. The van der Waals surface area contributed by atoms with E-state index in [0.29, 0.717) is 11.1 Å². The van der Waals surface area contributed by atoms with Gasteiger partial charge in [0.05, 0.1) is 0 Å². The van der Waals surface area contributed by atoms with Gasteiger partial charge in [-0.05, 0) is 47.5 Å². The quantitative estimate of drug-likeness (QED) is 0.148. The van der Waals surface area contributed by atoms with Crippen molar-refractivity contribution in [2.45, 2.75) is 61.4 Å². The lowest BCUT2D eigenvalue weighted by molar-refractivity contribution is -0.278. The summed E-state index contributed by atoms with van der Waals surface area (Å²) < 4.78 is 32.3. The van der Waals surface area contributed by atoms with Crippen LogP contribution in [0.4, 0.5) is 0 Å². The summed E-state index contributed by atoms with van der Waals surface area (Å²) in [5.41, 5.74) is 0.599. The number of aliphatic hydroxyl groups is 6. The van der Waals surface area contributed by atoms with Crippen LogP contribution in [0.15, 0.2) is 48.6 Å². The highest BCUT2D eigenvalue weighted by atomic mass is 16.7. The van der Waals surface area contributed by atoms with Crippen molar-refractivity contribution < 1.29 is 78.9 Å². The number of hydrogen-bond donors (Lipinski definition) is 8. The number of carbonyl (C=O) groups is 2. The molecular formula is C30H32O16. The molecule has 46 heavy (non-hydrogen) atoms. The summed E-state index contributed by atoms with van der Waals surface area (Å²) in [4.78, 5) is 24.7. The number of phenolic OH excluding ortho intramolecular Hbond substituents is 2. The van der Waals surface area contributed by atoms with Crippen molar-refractivity contribution in [1.82, 2.24) is 0 Å². The predicted molar refractivity (Wildman–Crippen MR) is 151 cm³/mol. The molecule has 16 heteroatoms. The average molecular weight is 649 g/mol. The van der Waals surface area contributed by atoms with Crippen molar-refractivity contribution in [2.75, 3.05) is 13.2 Å². The molecule has 0 saturated carbocycles. The molecule has 8 bridgehead atoms. The third-order valence-corrected chi connectivity index (χ3v) is 7.39. The maximum absolute atomic E-state index is 12.4. The highest BCUT2D eigenvalue weighted by Crippen LogP contribution is 2.33. The molecule has 0 aliphatic carbocycles. The van der Waals surface area contributed by atoms with Crippen molar-refractivity contribution in [1.29, 1.82) is 0 Å². The van der Waals surface area contributed by atoms with E-state index < -0.39 is 98.1 Å². The molecule has 6 aliphatic rings. The van der Waals surface area contributed by atoms with Crippen LogP contribution >= 0.6 is 0 Å². The number of carbonyl (C=O) groups excluding carboxylic acids is 2. The van der Waals surface area contributed by atoms with Crippen LogP contribution in [-0.4, -0.2) is 127 Å². The number of hydrogen-bond acceptors (Lipinski definition) is 16. The number of aromatic hydroxyl groups is 2. The Balaban J connectivity index is 1.40. The summed E-state index contributed by atoms with van der Waals surface area (Å²) in [7, 11) is 0. The van der Waals surface area contributed by atoms with Gasteiger partial charge in [-0.1, -0.05) is 12.1 Å². The van der Waals surface area contributed by atoms with Gasteiger partial charge < -0.3 is 69.3 Å². The number of ether oxygens (including phenoxy) is 6. The lowest BCUT2D eigenvalue weighted by atomic mass is 9.99. The molecular weight excluding hydrogens is 616 g/mol. The smallest absolute Gasteiger partial charge is 0.330 e. The first-order valence-corrected chi connectivity index (χ1v) is 14.0. The van der Waals surface area contributed by atoms with Crippen LogP contribution in [0, 0.1) is 0 Å². The number of esters is 2. The van der Waals surface area contributed by atoms with Gasteiger partial charge in [-0.25, -0.2) is 9.59 Å². The molecule has 0 radical (unpaired) electrons. The van der Waals surface area contributed by atoms with E-state index in [-0.39, 0.29) is 11.5 Å². The van der Waals surface area contributed by atoms with E-state index in [1.165, 1.54) is 48.6 Å². The number of phenols is 2. The Kier molecular flexibility index (Phi) is 10.1. The zero-order valence-electron chi connectivity index (χ0n) is 23.8. The number of benzene rings is 2. The zero-order chi connectivity index (χ0) is 33.1. The van der Waals surface area contributed by atoms with Crippen molar-refractivity contribution in [3.8, 4) is 23.0 Å². The molecule has 0 amide bonds. The van der Waals surface area contributed by atoms with Gasteiger partial charge in [-0.15, -0.1) is 0 Å². The van der Waals surface area contributed by atoms with E-state index in [9.17, 15) is 50.4 Å². The third-order valence-electron chi connectivity index (χ3n) is 7.39. The summed E-state index contributed by atoms with van der Waals surface area (Å²) in [6, 6.07) is 7.80. The monoisotopic (exact) mass is 648 g/mol. The average Bonchev–Trinajstić information content (AvgIpc) is 3.03. The zero-order valence-corrected chi connectivity index (χ0v) is 23.8. The van der Waals surface area contributed by atoms with Crippen molar-refractivity contribution in [2.24, 2.45) is 0 Å². The number of aliphatic hydroxyl groups excluding tert-OH is 6. The molecule has 8 N–H and O–H groups in total. The molecule has 8 rings (SSSR count). The normalized spacial score (nSPS) is 33.9. The fraction of sp³-hybridized carbons (Fsp3) is 0.400. The molecule has 6 heterocycles. The Labute approximate surface area is 260 Å². The van der Waals surface area contributed by atoms with Crippen molar-refractivity contribution >= 4 is 24.1 Å². The lowest BCUT2D eigenvalue weighted by Crippen LogP contribution is -2.60. The predicted octanol–water partition coefficient (Wildman–Crippen LogP) is -1.70. The first kappa shape index (κ1) is 33.1. The SMILES string of the molecule is O=C1C=Cc2ccc(c(O)c2)O[C@@H]2O[C@H](COC(=O)C=Cc3ccc(c(O)c3)O[C@@H]3O[C@H](CO1)[C@@H](O)[C@H](O)[C@H]3O)[C@@H](O)[C@H](O)[C@H]2O. The van der Waals surface area contributed by atoms with Gasteiger partial charge in [0.2, 0.25) is 12.6 Å². The van der Waals surface area contributed by atoms with Gasteiger partial charge in [0.1, 0.15) is 62.0 Å². The van der Waals surface area contributed by atoms with Gasteiger partial charge in [-0.2, -0.15) is 0 Å². The second-order valence-corrected chi connectivity index (χ2v) is 10.6. The largest absolute Gasteiger partial charge is 0.504 e. The van der Waals surface area contributed by atoms with E-state index in [1.807, 2.05) is 0 Å². The van der Waals surface area contributed by atoms with Gasteiger partial charge in [-0.3, -0.25) is 0 Å². The highest BCUT2D eigenvalue weighted by Gasteiger charge is 2.47. The van der Waals surface area contributed by atoms with Gasteiger partial charge in [0.25, 0.3) is 0 Å². The summed E-state index contributed by atoms with van der Waals surface area (Å²) >= 11 is 0. The minimum Gasteiger partial charge on any atom is -0.504 e. The lowest BCUT2D eigenvalue weighted by Gasteiger charge is -2.39. The Morgan fingerprint density at radius 2 is 0.913 bits per heavy atom. The fourth-order valence-electron chi connectivity index (χ4n) is 4.78. The van der Waals surface area contributed by atoms with Gasteiger partial charge in [0.15, 0.2) is 23.0 Å². The second kappa shape index (κ2) is 14.0. The van der Waals surface area contributed by atoms with Gasteiger partial charge >= 0.3 is 11.9 Å². The van der Waals surface area contributed by atoms with Crippen LogP contribution in [0.2, 0.25) is 0 Å². The molecule has 2 saturated heterocycles. The molecule has 16 nitrogen and oxygen atoms in total. The van der Waals surface area contributed by atoms with Crippen LogP contribution in [0.1, 0.15) is 11.1 Å². The summed E-state index contributed by atoms with van der Waals surface area (Å²) in [6.07, 6.45) is -11.7. The molecule has 2 fully saturated rings. The highest BCUT2D eigenvalue weighted by molar-refractivity contribution is 5.87. The Morgan fingerprint density at radius 3 is 1.28 bits per heavy atom. The standard InChI is InChI=1S/C30H32O16/c31-15-9-13-1-5-17(15)43-29-27(39)25(37)23(35)19(45-29)12-42-22(34)8-4-14-2-6-18(16(32)10-14)44-30-28(40)26(38)24(36)20(46-30)11-41-21(33)7-3-13/h1-10,19-20,23-32,35-40H,11-12H2/t19-,20-,23-,24-,25+,26+,27-,28-,29-,30-/m1/s1. The van der Waals surface area contributed by atoms with Crippen LogP contribution in [0.3, 0.4) is 0 Å². The summed E-state index contributed by atoms with van der Waals surface area (Å²) in [5.74, 6) is -3.07. The van der Waals surface area contributed by atoms with Gasteiger partial charge in [0, 0.05) is 12.2 Å². The first-order chi connectivity index (χ1) is 21.9. The van der Waals surface area contributed by atoms with Crippen LogP contribution in [0.5, 0.6) is 23.0 Å². The molecule has 2 aromatic rings. The van der Waals surface area contributed by atoms with E-state index in [2.05, 4.69) is 0 Å². The minimum atomic E-state index is -1.76. The third kappa shape index (κ3) is 7.41. The van der Waals surface area contributed by atoms with Crippen LogP contribution < -0.4 is 9.47 Å². The van der Waals surface area contributed by atoms with E-state index in [0.717, 1.165) is 12.2 Å². The van der Waals surface area contributed by atoms with Crippen LogP contribution in [0.25, 0.3) is 12.2 Å².